The molecule has 6 nitrogen and oxygen atoms in total. The van der Waals surface area contributed by atoms with E-state index in [1.54, 1.807) is 12.1 Å². The van der Waals surface area contributed by atoms with Crippen molar-refractivity contribution in [1.29, 1.82) is 0 Å². The lowest BCUT2D eigenvalue weighted by molar-refractivity contribution is 0.102. The van der Waals surface area contributed by atoms with E-state index in [0.29, 0.717) is 24.0 Å². The first-order valence-electron chi connectivity index (χ1n) is 9.14. The first-order valence-corrected chi connectivity index (χ1v) is 9.14. The van der Waals surface area contributed by atoms with Gasteiger partial charge in [0.1, 0.15) is 5.82 Å². The van der Waals surface area contributed by atoms with Crippen molar-refractivity contribution < 1.29 is 9.53 Å². The van der Waals surface area contributed by atoms with Crippen LogP contribution in [0, 0.1) is 6.92 Å². The molecular weight excluding hydrogens is 328 g/mol. The molecule has 3 rings (SSSR count). The summed E-state index contributed by atoms with van der Waals surface area (Å²) >= 11 is 0. The van der Waals surface area contributed by atoms with Gasteiger partial charge in [-0.15, -0.1) is 10.2 Å². The molecule has 1 aliphatic heterocycles. The van der Waals surface area contributed by atoms with Gasteiger partial charge in [0.2, 0.25) is 0 Å². The highest BCUT2D eigenvalue weighted by Gasteiger charge is 2.16. The van der Waals surface area contributed by atoms with E-state index < -0.39 is 0 Å². The predicted molar refractivity (Wildman–Crippen MR) is 103 cm³/mol. The molecule has 1 saturated heterocycles. The minimum Gasteiger partial charge on any atom is -0.376 e. The van der Waals surface area contributed by atoms with Gasteiger partial charge in [0.25, 0.3) is 5.91 Å². The molecule has 0 aliphatic carbocycles. The maximum atomic E-state index is 12.6. The van der Waals surface area contributed by atoms with E-state index in [-0.39, 0.29) is 12.0 Å². The van der Waals surface area contributed by atoms with Crippen molar-refractivity contribution in [3.8, 4) is 0 Å². The highest BCUT2D eigenvalue weighted by atomic mass is 16.5. The maximum absolute atomic E-state index is 12.6. The molecule has 26 heavy (non-hydrogen) atoms. The lowest BCUT2D eigenvalue weighted by atomic mass is 9.98. The Hall–Kier alpha value is -2.47. The number of nitrogens with one attached hydrogen (secondary N) is 2. The number of nitrogens with zero attached hydrogens (tertiary/aromatic N) is 2. The molecule has 1 aromatic carbocycles. The van der Waals surface area contributed by atoms with Gasteiger partial charge in [0.15, 0.2) is 5.69 Å². The number of anilines is 2. The summed E-state index contributed by atoms with van der Waals surface area (Å²) in [6, 6.07) is 9.50. The number of amides is 1. The zero-order valence-corrected chi connectivity index (χ0v) is 15.6. The van der Waals surface area contributed by atoms with Crippen molar-refractivity contribution in [3.05, 3.63) is 47.2 Å². The van der Waals surface area contributed by atoms with Gasteiger partial charge in [-0.2, -0.15) is 0 Å². The van der Waals surface area contributed by atoms with Crippen molar-refractivity contribution >= 4 is 17.4 Å². The third kappa shape index (κ3) is 4.38. The van der Waals surface area contributed by atoms with Crippen molar-refractivity contribution in [1.82, 2.24) is 10.2 Å². The summed E-state index contributed by atoms with van der Waals surface area (Å²) in [6.45, 7) is 7.75. The molecule has 1 aromatic heterocycles. The van der Waals surface area contributed by atoms with E-state index in [9.17, 15) is 4.79 Å². The predicted octanol–water partition coefficient (Wildman–Crippen LogP) is 3.75. The number of rotatable bonds is 6. The number of benzene rings is 1. The Morgan fingerprint density at radius 3 is 2.77 bits per heavy atom. The minimum atomic E-state index is -0.251. The fraction of sp³-hybridized carbons (Fsp3) is 0.450. The van der Waals surface area contributed by atoms with Gasteiger partial charge in [0, 0.05) is 18.8 Å². The number of hydrogen-bond donors (Lipinski definition) is 2. The smallest absolute Gasteiger partial charge is 0.276 e. The number of hydrogen-bond acceptors (Lipinski definition) is 5. The van der Waals surface area contributed by atoms with Crippen molar-refractivity contribution in [2.45, 2.75) is 45.6 Å². The normalized spacial score (nSPS) is 16.7. The number of ether oxygens (including phenoxy) is 1. The summed E-state index contributed by atoms with van der Waals surface area (Å²) in [5.41, 5.74) is 3.30. The number of carbonyl (C=O) groups excluding carboxylic acids is 1. The van der Waals surface area contributed by atoms with Gasteiger partial charge in [0.05, 0.1) is 6.10 Å². The summed E-state index contributed by atoms with van der Waals surface area (Å²) in [4.78, 5) is 12.6. The first kappa shape index (κ1) is 18.3. The van der Waals surface area contributed by atoms with Gasteiger partial charge in [-0.3, -0.25) is 4.79 Å². The standard InChI is InChI=1S/C20H26N4O2/c1-13(2)16-8-4-6-14(3)19(16)22-20(25)17-9-10-18(24-23-17)21-12-15-7-5-11-26-15/h4,6,8-10,13,15H,5,7,11-12H2,1-3H3,(H,21,24)(H,22,25). The molecule has 0 radical (unpaired) electrons. The number of aromatic nitrogens is 2. The molecule has 1 fully saturated rings. The second-order valence-electron chi connectivity index (χ2n) is 6.97. The molecule has 1 unspecified atom stereocenters. The SMILES string of the molecule is Cc1cccc(C(C)C)c1NC(=O)c1ccc(NCC2CCCO2)nn1. The Labute approximate surface area is 154 Å². The molecule has 1 aliphatic rings. The van der Waals surface area contributed by atoms with Crippen LogP contribution in [0.25, 0.3) is 0 Å². The van der Waals surface area contributed by atoms with Crippen LogP contribution in [-0.4, -0.2) is 35.4 Å². The van der Waals surface area contributed by atoms with Gasteiger partial charge >= 0.3 is 0 Å². The average molecular weight is 354 g/mol. The lowest BCUT2D eigenvalue weighted by Crippen LogP contribution is -2.20. The molecule has 0 spiro atoms. The van der Waals surface area contributed by atoms with E-state index in [1.165, 1.54) is 0 Å². The second kappa shape index (κ2) is 8.27. The molecule has 1 atom stereocenters. The Bertz CT molecular complexity index is 753. The summed E-state index contributed by atoms with van der Waals surface area (Å²) in [6.07, 6.45) is 2.40. The van der Waals surface area contributed by atoms with Gasteiger partial charge < -0.3 is 15.4 Å². The third-order valence-corrected chi connectivity index (χ3v) is 4.60. The lowest BCUT2D eigenvalue weighted by Gasteiger charge is -2.16. The molecule has 2 N–H and O–H groups in total. The minimum absolute atomic E-state index is 0.232. The number of aryl methyl sites for hydroxylation is 1. The van der Waals surface area contributed by atoms with E-state index in [1.807, 2.05) is 25.1 Å². The highest BCUT2D eigenvalue weighted by Crippen LogP contribution is 2.27. The van der Waals surface area contributed by atoms with Crippen molar-refractivity contribution in [3.63, 3.8) is 0 Å². The van der Waals surface area contributed by atoms with Crippen LogP contribution in [-0.2, 0) is 4.74 Å². The van der Waals surface area contributed by atoms with Crippen molar-refractivity contribution in [2.75, 3.05) is 23.8 Å². The molecule has 2 aromatic rings. The van der Waals surface area contributed by atoms with Crippen LogP contribution in [0.2, 0.25) is 0 Å². The topological polar surface area (TPSA) is 76.1 Å². The van der Waals surface area contributed by atoms with Crippen LogP contribution in [0.4, 0.5) is 11.5 Å². The third-order valence-electron chi connectivity index (χ3n) is 4.60. The molecule has 6 heteroatoms. The Morgan fingerprint density at radius 1 is 1.27 bits per heavy atom. The Morgan fingerprint density at radius 2 is 2.12 bits per heavy atom. The summed E-state index contributed by atoms with van der Waals surface area (Å²) in [5, 5.41) is 14.4. The zero-order valence-electron chi connectivity index (χ0n) is 15.6. The van der Waals surface area contributed by atoms with Crippen LogP contribution < -0.4 is 10.6 Å². The first-order chi connectivity index (χ1) is 12.5. The fourth-order valence-electron chi connectivity index (χ4n) is 3.09. The van der Waals surface area contributed by atoms with Gasteiger partial charge in [-0.05, 0) is 48.9 Å². The quantitative estimate of drug-likeness (QED) is 0.826. The molecule has 138 valence electrons. The molecule has 1 amide bonds. The van der Waals surface area contributed by atoms with Crippen molar-refractivity contribution in [2.24, 2.45) is 0 Å². The van der Waals surface area contributed by atoms with E-state index in [2.05, 4.69) is 34.7 Å². The number of para-hydroxylation sites is 1. The summed E-state index contributed by atoms with van der Waals surface area (Å²) in [5.74, 6) is 0.718. The summed E-state index contributed by atoms with van der Waals surface area (Å²) in [7, 11) is 0. The molecule has 0 bridgehead atoms. The summed E-state index contributed by atoms with van der Waals surface area (Å²) < 4.78 is 5.57. The fourth-order valence-corrected chi connectivity index (χ4v) is 3.09. The monoisotopic (exact) mass is 354 g/mol. The Balaban J connectivity index is 1.65. The van der Waals surface area contributed by atoms with E-state index in [0.717, 1.165) is 36.3 Å². The largest absolute Gasteiger partial charge is 0.376 e. The van der Waals surface area contributed by atoms with E-state index >= 15 is 0 Å². The van der Waals surface area contributed by atoms with E-state index in [4.69, 9.17) is 4.74 Å². The maximum Gasteiger partial charge on any atom is 0.276 e. The molecule has 2 heterocycles. The average Bonchev–Trinajstić information content (AvgIpc) is 3.15. The molecule has 0 saturated carbocycles. The van der Waals surface area contributed by atoms with Crippen LogP contribution >= 0.6 is 0 Å². The van der Waals surface area contributed by atoms with Crippen LogP contribution in [0.5, 0.6) is 0 Å². The second-order valence-corrected chi connectivity index (χ2v) is 6.97. The van der Waals surface area contributed by atoms with Crippen LogP contribution in [0.1, 0.15) is 54.2 Å². The number of carbonyl (C=O) groups is 1. The van der Waals surface area contributed by atoms with Gasteiger partial charge in [-0.1, -0.05) is 32.0 Å². The molecular formula is C20H26N4O2. The highest BCUT2D eigenvalue weighted by molar-refractivity contribution is 6.03. The zero-order chi connectivity index (χ0) is 18.5. The van der Waals surface area contributed by atoms with Crippen LogP contribution in [0.15, 0.2) is 30.3 Å². The van der Waals surface area contributed by atoms with Crippen LogP contribution in [0.3, 0.4) is 0 Å². The Kier molecular flexibility index (Phi) is 5.83. The van der Waals surface area contributed by atoms with Gasteiger partial charge in [-0.25, -0.2) is 0 Å².